The Labute approximate surface area is 163 Å². The van der Waals surface area contributed by atoms with Gasteiger partial charge in [0.15, 0.2) is 5.96 Å². The van der Waals surface area contributed by atoms with Crippen LogP contribution < -0.4 is 10.6 Å². The molecule has 0 aromatic carbocycles. The minimum Gasteiger partial charge on any atom is -0.396 e. The number of aliphatic hydroxyl groups is 1. The molecule has 1 heterocycles. The predicted octanol–water partition coefficient (Wildman–Crippen LogP) is 1.77. The molecule has 0 aromatic rings. The molecule has 1 aliphatic heterocycles. The van der Waals surface area contributed by atoms with Crippen molar-refractivity contribution < 1.29 is 14.6 Å². The quantitative estimate of drug-likeness (QED) is 0.266. The van der Waals surface area contributed by atoms with Gasteiger partial charge in [0.05, 0.1) is 13.2 Å². The summed E-state index contributed by atoms with van der Waals surface area (Å²) < 4.78 is 10.8. The number of halogens is 1. The monoisotopic (exact) mass is 455 g/mol. The molecule has 24 heavy (non-hydrogen) atoms. The summed E-state index contributed by atoms with van der Waals surface area (Å²) in [6.45, 7) is 7.08. The van der Waals surface area contributed by atoms with Crippen LogP contribution in [0.1, 0.15) is 39.0 Å². The van der Waals surface area contributed by atoms with E-state index >= 15 is 0 Å². The Balaban J connectivity index is 0.00000288. The molecule has 0 bridgehead atoms. The Morgan fingerprint density at radius 2 is 2.00 bits per heavy atom. The second-order valence-electron chi connectivity index (χ2n) is 7.07. The van der Waals surface area contributed by atoms with Gasteiger partial charge in [-0.05, 0) is 44.4 Å². The number of aliphatic imine (C=N–C) groups is 1. The molecule has 2 rings (SSSR count). The van der Waals surface area contributed by atoms with Gasteiger partial charge in [-0.2, -0.15) is 0 Å². The number of ether oxygens (including phenoxy) is 2. The molecule has 2 aliphatic rings. The number of hydrogen-bond donors (Lipinski definition) is 3. The van der Waals surface area contributed by atoms with Gasteiger partial charge in [0.2, 0.25) is 0 Å². The summed E-state index contributed by atoms with van der Waals surface area (Å²) in [6, 6.07) is 0. The van der Waals surface area contributed by atoms with Crippen molar-refractivity contribution in [1.29, 1.82) is 0 Å². The molecule has 3 N–H and O–H groups in total. The third kappa shape index (κ3) is 6.65. The maximum Gasteiger partial charge on any atom is 0.191 e. The number of methoxy groups -OCH3 is 1. The third-order valence-corrected chi connectivity index (χ3v) is 5.17. The maximum atomic E-state index is 9.31. The molecule has 1 aliphatic carbocycles. The lowest BCUT2D eigenvalue weighted by molar-refractivity contribution is 0.131. The first-order valence-corrected chi connectivity index (χ1v) is 8.87. The molecular formula is C17H34IN3O3. The van der Waals surface area contributed by atoms with Gasteiger partial charge in [-0.1, -0.05) is 0 Å². The Bertz CT molecular complexity index is 383. The van der Waals surface area contributed by atoms with Gasteiger partial charge in [0, 0.05) is 45.4 Å². The highest BCUT2D eigenvalue weighted by Gasteiger charge is 2.42. The molecule has 1 saturated heterocycles. The van der Waals surface area contributed by atoms with E-state index in [0.29, 0.717) is 18.6 Å². The van der Waals surface area contributed by atoms with E-state index in [1.165, 1.54) is 12.8 Å². The Morgan fingerprint density at radius 3 is 2.54 bits per heavy atom. The summed E-state index contributed by atoms with van der Waals surface area (Å²) in [5, 5.41) is 16.1. The van der Waals surface area contributed by atoms with E-state index in [0.717, 1.165) is 51.5 Å². The lowest BCUT2D eigenvalue weighted by atomic mass is 9.84. The number of hydrogen-bond acceptors (Lipinski definition) is 4. The van der Waals surface area contributed by atoms with Crippen LogP contribution in [0.5, 0.6) is 0 Å². The zero-order valence-corrected chi connectivity index (χ0v) is 17.4. The second kappa shape index (κ2) is 10.8. The van der Waals surface area contributed by atoms with Crippen molar-refractivity contribution in [3.8, 4) is 0 Å². The van der Waals surface area contributed by atoms with Crippen molar-refractivity contribution in [2.24, 2.45) is 15.8 Å². The van der Waals surface area contributed by atoms with E-state index in [-0.39, 0.29) is 36.0 Å². The first-order valence-electron chi connectivity index (χ1n) is 8.87. The van der Waals surface area contributed by atoms with Crippen molar-refractivity contribution in [2.75, 3.05) is 53.2 Å². The number of nitrogens with one attached hydrogen (secondary N) is 2. The highest BCUT2D eigenvalue weighted by molar-refractivity contribution is 14.0. The smallest absolute Gasteiger partial charge is 0.191 e. The first kappa shape index (κ1) is 21.9. The topological polar surface area (TPSA) is 75.1 Å². The minimum absolute atomic E-state index is 0. The van der Waals surface area contributed by atoms with Gasteiger partial charge >= 0.3 is 0 Å². The Hall–Kier alpha value is -0.120. The fraction of sp³-hybridized carbons (Fsp3) is 0.941. The molecule has 142 valence electrons. The zero-order chi connectivity index (χ0) is 16.6. The van der Waals surface area contributed by atoms with E-state index in [9.17, 15) is 5.11 Å². The molecule has 0 radical (unpaired) electrons. The molecule has 2 fully saturated rings. The Morgan fingerprint density at radius 1 is 1.21 bits per heavy atom. The predicted molar refractivity (Wildman–Crippen MR) is 107 cm³/mol. The van der Waals surface area contributed by atoms with Crippen LogP contribution in [0.15, 0.2) is 4.99 Å². The molecule has 0 aromatic heterocycles. The van der Waals surface area contributed by atoms with Crippen molar-refractivity contribution in [2.45, 2.75) is 39.0 Å². The fourth-order valence-corrected chi connectivity index (χ4v) is 3.16. The summed E-state index contributed by atoms with van der Waals surface area (Å²) in [5.41, 5.74) is 0.399. The SMILES string of the molecule is CCNC(=NCC1(CCO)CCOC1)NCC1(CCOC)CC1.I. The zero-order valence-electron chi connectivity index (χ0n) is 15.1. The van der Waals surface area contributed by atoms with Gasteiger partial charge in [0.1, 0.15) is 0 Å². The third-order valence-electron chi connectivity index (χ3n) is 5.17. The second-order valence-corrected chi connectivity index (χ2v) is 7.07. The van der Waals surface area contributed by atoms with Crippen LogP contribution in [0.2, 0.25) is 0 Å². The van der Waals surface area contributed by atoms with Crippen molar-refractivity contribution in [3.63, 3.8) is 0 Å². The average molecular weight is 455 g/mol. The molecule has 7 heteroatoms. The normalized spacial score (nSPS) is 25.2. The standard InChI is InChI=1S/C17H33N3O3.HI/c1-3-18-15(19-12-16(4-5-16)7-10-22-2)20-13-17(6-9-21)8-11-23-14-17;/h21H,3-14H2,1-2H3,(H2,18,19,20);1H. The van der Waals surface area contributed by atoms with Crippen LogP contribution in [-0.2, 0) is 9.47 Å². The van der Waals surface area contributed by atoms with E-state index in [2.05, 4.69) is 17.6 Å². The van der Waals surface area contributed by atoms with Crippen molar-refractivity contribution in [3.05, 3.63) is 0 Å². The van der Waals surface area contributed by atoms with Crippen molar-refractivity contribution in [1.82, 2.24) is 10.6 Å². The summed E-state index contributed by atoms with van der Waals surface area (Å²) in [7, 11) is 1.76. The fourth-order valence-electron chi connectivity index (χ4n) is 3.16. The van der Waals surface area contributed by atoms with Crippen LogP contribution in [0, 0.1) is 10.8 Å². The molecule has 1 atom stereocenters. The summed E-state index contributed by atoms with van der Waals surface area (Å²) in [5.74, 6) is 0.875. The number of guanidine groups is 1. The van der Waals surface area contributed by atoms with Gasteiger partial charge < -0.3 is 25.2 Å². The highest BCUT2D eigenvalue weighted by Crippen LogP contribution is 2.48. The highest BCUT2D eigenvalue weighted by atomic mass is 127. The van der Waals surface area contributed by atoms with E-state index in [1.807, 2.05) is 0 Å². The maximum absolute atomic E-state index is 9.31. The number of rotatable bonds is 10. The molecule has 1 unspecified atom stereocenters. The first-order chi connectivity index (χ1) is 11.2. The summed E-state index contributed by atoms with van der Waals surface area (Å²) in [4.78, 5) is 4.77. The summed E-state index contributed by atoms with van der Waals surface area (Å²) >= 11 is 0. The van der Waals surface area contributed by atoms with Crippen LogP contribution in [0.4, 0.5) is 0 Å². The number of nitrogens with zero attached hydrogens (tertiary/aromatic N) is 1. The molecule has 6 nitrogen and oxygen atoms in total. The van der Waals surface area contributed by atoms with E-state index in [4.69, 9.17) is 14.5 Å². The number of aliphatic hydroxyl groups excluding tert-OH is 1. The van der Waals surface area contributed by atoms with Crippen LogP contribution in [-0.4, -0.2) is 64.2 Å². The van der Waals surface area contributed by atoms with Crippen LogP contribution >= 0.6 is 24.0 Å². The minimum atomic E-state index is 0. The largest absolute Gasteiger partial charge is 0.396 e. The molecule has 0 amide bonds. The van der Waals surface area contributed by atoms with Gasteiger partial charge in [-0.15, -0.1) is 24.0 Å². The van der Waals surface area contributed by atoms with Crippen LogP contribution in [0.3, 0.4) is 0 Å². The van der Waals surface area contributed by atoms with Crippen molar-refractivity contribution >= 4 is 29.9 Å². The van der Waals surface area contributed by atoms with Gasteiger partial charge in [-0.25, -0.2) is 0 Å². The van der Waals surface area contributed by atoms with Gasteiger partial charge in [0.25, 0.3) is 0 Å². The molecular weight excluding hydrogens is 421 g/mol. The summed E-state index contributed by atoms with van der Waals surface area (Å²) in [6.07, 6.45) is 5.39. The van der Waals surface area contributed by atoms with Crippen LogP contribution in [0.25, 0.3) is 0 Å². The molecule has 0 spiro atoms. The van der Waals surface area contributed by atoms with E-state index in [1.54, 1.807) is 7.11 Å². The lowest BCUT2D eigenvalue weighted by Gasteiger charge is -2.25. The van der Waals surface area contributed by atoms with Gasteiger partial charge in [-0.3, -0.25) is 4.99 Å². The van der Waals surface area contributed by atoms with E-state index < -0.39 is 0 Å². The lowest BCUT2D eigenvalue weighted by Crippen LogP contribution is -2.41. The molecule has 1 saturated carbocycles. The average Bonchev–Trinajstić information content (AvgIpc) is 3.18. The Kier molecular flexibility index (Phi) is 9.84.